The van der Waals surface area contributed by atoms with E-state index < -0.39 is 0 Å². The van der Waals surface area contributed by atoms with Gasteiger partial charge in [-0.05, 0) is 26.2 Å². The maximum Gasteiger partial charge on any atom is 0.227 e. The molecule has 26 heavy (non-hydrogen) atoms. The summed E-state index contributed by atoms with van der Waals surface area (Å²) in [5.74, 6) is 0.367. The molecular weight excluding hydrogens is 328 g/mol. The van der Waals surface area contributed by atoms with Gasteiger partial charge in [0.15, 0.2) is 0 Å². The Kier molecular flexibility index (Phi) is 6.33. The van der Waals surface area contributed by atoms with Gasteiger partial charge in [-0.3, -0.25) is 14.3 Å². The van der Waals surface area contributed by atoms with Crippen molar-refractivity contribution in [3.63, 3.8) is 0 Å². The minimum Gasteiger partial charge on any atom is -0.339 e. The standard InChI is InChI=1S/C20H32N4O2/c1-3-23(14-16-12-21-22(2)13-16)20(26)17-10-11-19(25)24(15-17)18-8-6-4-5-7-9-18/h12-13,17-18H,3-11,14-15H2,1-2H3/t17-/m0/s1. The highest BCUT2D eigenvalue weighted by atomic mass is 16.2. The van der Waals surface area contributed by atoms with Gasteiger partial charge >= 0.3 is 0 Å². The molecule has 1 aliphatic heterocycles. The summed E-state index contributed by atoms with van der Waals surface area (Å²) in [7, 11) is 1.89. The van der Waals surface area contributed by atoms with E-state index in [2.05, 4.69) is 5.10 Å². The topological polar surface area (TPSA) is 58.4 Å². The predicted molar refractivity (Wildman–Crippen MR) is 100 cm³/mol. The third-order valence-electron chi connectivity index (χ3n) is 5.88. The molecule has 0 unspecified atom stereocenters. The zero-order valence-corrected chi connectivity index (χ0v) is 16.2. The Bertz CT molecular complexity index is 619. The highest BCUT2D eigenvalue weighted by Crippen LogP contribution is 2.28. The van der Waals surface area contributed by atoms with Gasteiger partial charge in [0.25, 0.3) is 0 Å². The SMILES string of the molecule is CCN(Cc1cnn(C)c1)C(=O)[C@H]1CCC(=O)N(C2CCCCCC2)C1. The van der Waals surface area contributed by atoms with Crippen molar-refractivity contribution in [3.05, 3.63) is 18.0 Å². The molecule has 3 rings (SSSR count). The molecule has 1 aromatic rings. The molecule has 0 N–H and O–H groups in total. The molecule has 2 aliphatic rings. The smallest absolute Gasteiger partial charge is 0.227 e. The van der Waals surface area contributed by atoms with Gasteiger partial charge in [-0.25, -0.2) is 0 Å². The number of carbonyl (C=O) groups excluding carboxylic acids is 2. The zero-order chi connectivity index (χ0) is 18.5. The van der Waals surface area contributed by atoms with Gasteiger partial charge in [0.05, 0.1) is 12.1 Å². The number of rotatable bonds is 5. The largest absolute Gasteiger partial charge is 0.339 e. The van der Waals surface area contributed by atoms with E-state index >= 15 is 0 Å². The quantitative estimate of drug-likeness (QED) is 0.759. The van der Waals surface area contributed by atoms with Crippen LogP contribution in [0.2, 0.25) is 0 Å². The maximum atomic E-state index is 13.1. The van der Waals surface area contributed by atoms with Crippen LogP contribution < -0.4 is 0 Å². The fourth-order valence-corrected chi connectivity index (χ4v) is 4.37. The van der Waals surface area contributed by atoms with Gasteiger partial charge in [-0.2, -0.15) is 5.10 Å². The van der Waals surface area contributed by atoms with Crippen LogP contribution in [-0.2, 0) is 23.2 Å². The normalized spacial score (nSPS) is 22.3. The van der Waals surface area contributed by atoms with Crippen LogP contribution in [0.1, 0.15) is 63.9 Å². The van der Waals surface area contributed by atoms with Gasteiger partial charge in [0.1, 0.15) is 0 Å². The van der Waals surface area contributed by atoms with E-state index in [1.165, 1.54) is 25.7 Å². The summed E-state index contributed by atoms with van der Waals surface area (Å²) in [6.07, 6.45) is 12.1. The summed E-state index contributed by atoms with van der Waals surface area (Å²) in [6.45, 7) is 3.90. The number of hydrogen-bond donors (Lipinski definition) is 0. The van der Waals surface area contributed by atoms with E-state index in [1.54, 1.807) is 4.68 Å². The molecule has 1 saturated carbocycles. The molecule has 2 fully saturated rings. The first kappa shape index (κ1) is 18.9. The predicted octanol–water partition coefficient (Wildman–Crippen LogP) is 2.73. The van der Waals surface area contributed by atoms with Crippen LogP contribution in [0, 0.1) is 5.92 Å². The first-order chi connectivity index (χ1) is 12.6. The lowest BCUT2D eigenvalue weighted by Crippen LogP contribution is -2.50. The average molecular weight is 361 g/mol. The lowest BCUT2D eigenvalue weighted by molar-refractivity contribution is -0.145. The van der Waals surface area contributed by atoms with E-state index in [0.29, 0.717) is 38.5 Å². The Hall–Kier alpha value is -1.85. The van der Waals surface area contributed by atoms with Gasteiger partial charge in [-0.1, -0.05) is 25.7 Å². The second-order valence-electron chi connectivity index (χ2n) is 7.80. The molecule has 0 radical (unpaired) electrons. The number of likely N-dealkylation sites (tertiary alicyclic amines) is 1. The van der Waals surface area contributed by atoms with Gasteiger partial charge in [0, 0.05) is 50.9 Å². The molecule has 1 aliphatic carbocycles. The van der Waals surface area contributed by atoms with Crippen molar-refractivity contribution in [3.8, 4) is 0 Å². The Morgan fingerprint density at radius 2 is 1.96 bits per heavy atom. The van der Waals surface area contributed by atoms with Crippen LogP contribution in [0.3, 0.4) is 0 Å². The van der Waals surface area contributed by atoms with Crippen LogP contribution in [-0.4, -0.2) is 50.5 Å². The number of hydrogen-bond acceptors (Lipinski definition) is 3. The van der Waals surface area contributed by atoms with Crippen molar-refractivity contribution in [2.45, 2.75) is 70.9 Å². The maximum absolute atomic E-state index is 13.1. The van der Waals surface area contributed by atoms with Crippen LogP contribution >= 0.6 is 0 Å². The third kappa shape index (κ3) is 4.46. The molecular formula is C20H32N4O2. The first-order valence-corrected chi connectivity index (χ1v) is 10.1. The summed E-state index contributed by atoms with van der Waals surface area (Å²) in [5.41, 5.74) is 1.05. The summed E-state index contributed by atoms with van der Waals surface area (Å²) in [5, 5.41) is 4.19. The zero-order valence-electron chi connectivity index (χ0n) is 16.2. The van der Waals surface area contributed by atoms with E-state index in [1.807, 2.05) is 36.2 Å². The van der Waals surface area contributed by atoms with Crippen LogP contribution in [0.15, 0.2) is 12.4 Å². The minimum absolute atomic E-state index is 0.0624. The minimum atomic E-state index is -0.0624. The van der Waals surface area contributed by atoms with Crippen molar-refractivity contribution >= 4 is 11.8 Å². The molecule has 0 bridgehead atoms. The van der Waals surface area contributed by atoms with Crippen molar-refractivity contribution in [1.82, 2.24) is 19.6 Å². The van der Waals surface area contributed by atoms with Crippen molar-refractivity contribution in [2.24, 2.45) is 13.0 Å². The number of carbonyl (C=O) groups is 2. The van der Waals surface area contributed by atoms with Crippen LogP contribution in [0.4, 0.5) is 0 Å². The molecule has 6 nitrogen and oxygen atoms in total. The van der Waals surface area contributed by atoms with Gasteiger partial charge in [-0.15, -0.1) is 0 Å². The summed E-state index contributed by atoms with van der Waals surface area (Å²) in [4.78, 5) is 29.5. The number of amides is 2. The van der Waals surface area contributed by atoms with Crippen LogP contribution in [0.25, 0.3) is 0 Å². The number of piperidine rings is 1. The van der Waals surface area contributed by atoms with Crippen molar-refractivity contribution < 1.29 is 9.59 Å². The van der Waals surface area contributed by atoms with E-state index in [9.17, 15) is 9.59 Å². The Morgan fingerprint density at radius 1 is 1.23 bits per heavy atom. The molecule has 0 spiro atoms. The number of aromatic nitrogens is 2. The van der Waals surface area contributed by atoms with Gasteiger partial charge < -0.3 is 9.80 Å². The van der Waals surface area contributed by atoms with Crippen molar-refractivity contribution in [2.75, 3.05) is 13.1 Å². The molecule has 144 valence electrons. The van der Waals surface area contributed by atoms with E-state index in [0.717, 1.165) is 18.4 Å². The summed E-state index contributed by atoms with van der Waals surface area (Å²) >= 11 is 0. The fourth-order valence-electron chi connectivity index (χ4n) is 4.37. The second kappa shape index (κ2) is 8.69. The second-order valence-corrected chi connectivity index (χ2v) is 7.80. The number of aryl methyl sites for hydroxylation is 1. The Balaban J connectivity index is 1.64. The third-order valence-corrected chi connectivity index (χ3v) is 5.88. The highest BCUT2D eigenvalue weighted by molar-refractivity contribution is 5.84. The van der Waals surface area contributed by atoms with Gasteiger partial charge in [0.2, 0.25) is 11.8 Å². The number of nitrogens with zero attached hydrogens (tertiary/aromatic N) is 4. The van der Waals surface area contributed by atoms with Crippen LogP contribution in [0.5, 0.6) is 0 Å². The molecule has 1 saturated heterocycles. The molecule has 2 heterocycles. The van der Waals surface area contributed by atoms with Crippen molar-refractivity contribution in [1.29, 1.82) is 0 Å². The first-order valence-electron chi connectivity index (χ1n) is 10.1. The molecule has 2 amide bonds. The lowest BCUT2D eigenvalue weighted by Gasteiger charge is -2.39. The monoisotopic (exact) mass is 360 g/mol. The Labute approximate surface area is 156 Å². The summed E-state index contributed by atoms with van der Waals surface area (Å²) < 4.78 is 1.76. The fraction of sp³-hybridized carbons (Fsp3) is 0.750. The van der Waals surface area contributed by atoms with E-state index in [4.69, 9.17) is 0 Å². The molecule has 1 aromatic heterocycles. The molecule has 1 atom stereocenters. The molecule has 6 heteroatoms. The summed E-state index contributed by atoms with van der Waals surface area (Å²) in [6, 6.07) is 0.342. The van der Waals surface area contributed by atoms with E-state index in [-0.39, 0.29) is 17.7 Å². The highest BCUT2D eigenvalue weighted by Gasteiger charge is 2.35. The molecule has 0 aromatic carbocycles. The Morgan fingerprint density at radius 3 is 2.58 bits per heavy atom. The lowest BCUT2D eigenvalue weighted by atomic mass is 9.93. The average Bonchev–Trinajstić information content (AvgIpc) is 2.88.